The number of rotatable bonds is 1. The van der Waals surface area contributed by atoms with Crippen molar-refractivity contribution in [1.29, 1.82) is 0 Å². The van der Waals surface area contributed by atoms with Crippen LogP contribution >= 0.6 is 0 Å². The summed E-state index contributed by atoms with van der Waals surface area (Å²) in [6, 6.07) is 4.19. The van der Waals surface area contributed by atoms with Gasteiger partial charge < -0.3 is 33.8 Å². The highest BCUT2D eigenvalue weighted by molar-refractivity contribution is 6.06. The largest absolute Gasteiger partial charge is 0.386 e. The number of Topliss-reactive ketones (excluding diaryl/α,β-unsaturated/α-hetero) is 1. The van der Waals surface area contributed by atoms with Gasteiger partial charge in [0.25, 0.3) is 0 Å². The fourth-order valence-electron chi connectivity index (χ4n) is 13.6. The number of epoxide rings is 1. The van der Waals surface area contributed by atoms with E-state index in [4.69, 9.17) is 23.7 Å². The van der Waals surface area contributed by atoms with Crippen LogP contribution in [0.15, 0.2) is 23.8 Å². The average Bonchev–Trinajstić information content (AvgIpc) is 3.51. The molecular formula is C42H55NO7. The Balaban J connectivity index is 1.07. The second-order valence-electron chi connectivity index (χ2n) is 19.6. The number of ketones is 1. The van der Waals surface area contributed by atoms with E-state index < -0.39 is 34.1 Å². The van der Waals surface area contributed by atoms with Crippen LogP contribution in [0.5, 0.6) is 0 Å². The van der Waals surface area contributed by atoms with Gasteiger partial charge in [-0.3, -0.25) is 4.79 Å². The number of aromatic nitrogens is 1. The number of carbonyl (C=O) groups is 1. The topological polar surface area (TPSA) is 103 Å². The van der Waals surface area contributed by atoms with Gasteiger partial charge in [0.05, 0.1) is 28.8 Å². The Labute approximate surface area is 296 Å². The molecule has 2 N–H and O–H groups in total. The lowest BCUT2D eigenvalue weighted by atomic mass is 9.40. The van der Waals surface area contributed by atoms with Crippen LogP contribution in [0.2, 0.25) is 0 Å². The van der Waals surface area contributed by atoms with E-state index in [0.29, 0.717) is 12.3 Å². The Morgan fingerprint density at radius 2 is 1.64 bits per heavy atom. The quantitative estimate of drug-likeness (QED) is 0.250. The number of H-pyrrole nitrogens is 1. The predicted molar refractivity (Wildman–Crippen MR) is 188 cm³/mol. The van der Waals surface area contributed by atoms with Gasteiger partial charge in [0.15, 0.2) is 17.7 Å². The second kappa shape index (κ2) is 9.34. The molecule has 0 amide bonds. The van der Waals surface area contributed by atoms with Crippen LogP contribution in [-0.4, -0.2) is 74.6 Å². The molecule has 1 spiro atoms. The fourth-order valence-corrected chi connectivity index (χ4v) is 13.6. The summed E-state index contributed by atoms with van der Waals surface area (Å²) in [6.45, 7) is 21.5. The molecule has 4 aliphatic heterocycles. The summed E-state index contributed by atoms with van der Waals surface area (Å²) in [7, 11) is 0. The van der Waals surface area contributed by atoms with E-state index in [-0.39, 0.29) is 53.1 Å². The van der Waals surface area contributed by atoms with Gasteiger partial charge in [-0.2, -0.15) is 0 Å². The molecule has 1 aromatic heterocycles. The van der Waals surface area contributed by atoms with E-state index in [0.717, 1.165) is 48.8 Å². The van der Waals surface area contributed by atoms with Crippen molar-refractivity contribution in [1.82, 2.24) is 4.98 Å². The second-order valence-corrected chi connectivity index (χ2v) is 19.6. The van der Waals surface area contributed by atoms with Crippen molar-refractivity contribution in [2.75, 3.05) is 0 Å². The van der Waals surface area contributed by atoms with E-state index in [1.54, 1.807) is 0 Å². The third-order valence-corrected chi connectivity index (χ3v) is 15.9. The molecule has 6 fully saturated rings. The predicted octanol–water partition coefficient (Wildman–Crippen LogP) is 6.87. The molecule has 8 aliphatic rings. The van der Waals surface area contributed by atoms with E-state index in [1.807, 2.05) is 6.08 Å². The van der Waals surface area contributed by atoms with Crippen LogP contribution in [0, 0.1) is 23.2 Å². The summed E-state index contributed by atoms with van der Waals surface area (Å²) in [5.74, 6) is 0.568. The lowest BCUT2D eigenvalue weighted by Gasteiger charge is -2.66. The number of allylic oxidation sites excluding steroid dienone is 1. The molecular weight excluding hydrogens is 630 g/mol. The zero-order chi connectivity index (χ0) is 35.3. The molecule has 12 atom stereocenters. The zero-order valence-electron chi connectivity index (χ0n) is 31.5. The third kappa shape index (κ3) is 3.54. The number of nitrogens with one attached hydrogen (secondary N) is 1. The molecule has 10 rings (SSSR count). The van der Waals surface area contributed by atoms with E-state index in [2.05, 4.69) is 86.4 Å². The van der Waals surface area contributed by atoms with Gasteiger partial charge in [-0.05, 0) is 129 Å². The molecule has 270 valence electrons. The Kier molecular flexibility index (Phi) is 6.09. The molecule has 4 saturated heterocycles. The maximum atomic E-state index is 14.3. The normalized spacial score (nSPS) is 48.3. The van der Waals surface area contributed by atoms with Crippen molar-refractivity contribution in [2.45, 2.75) is 172 Å². The molecule has 4 aliphatic carbocycles. The summed E-state index contributed by atoms with van der Waals surface area (Å²) in [5.41, 5.74) is 2.69. The van der Waals surface area contributed by atoms with Crippen molar-refractivity contribution in [3.05, 3.63) is 46.2 Å². The minimum Gasteiger partial charge on any atom is -0.386 e. The van der Waals surface area contributed by atoms with Crippen LogP contribution < -0.4 is 0 Å². The molecule has 2 aromatic rings. The highest BCUT2D eigenvalue weighted by Crippen LogP contribution is 2.75. The number of fused-ring (bicyclic) bond motifs is 12. The molecule has 0 bridgehead atoms. The van der Waals surface area contributed by atoms with E-state index in [9.17, 15) is 9.90 Å². The Hall–Kier alpha value is -2.07. The summed E-state index contributed by atoms with van der Waals surface area (Å²) in [6.07, 6.45) is 5.41. The van der Waals surface area contributed by atoms with E-state index >= 15 is 0 Å². The molecule has 5 heterocycles. The third-order valence-electron chi connectivity index (χ3n) is 15.9. The fraction of sp³-hybridized carbons (Fsp3) is 0.738. The number of hydrogen-bond acceptors (Lipinski definition) is 7. The van der Waals surface area contributed by atoms with Gasteiger partial charge in [-0.15, -0.1) is 0 Å². The number of aromatic amines is 1. The van der Waals surface area contributed by atoms with Crippen LogP contribution in [-0.2, 0) is 41.9 Å². The number of aliphatic hydroxyl groups is 1. The molecule has 0 radical (unpaired) electrons. The summed E-state index contributed by atoms with van der Waals surface area (Å²) in [5, 5.41) is 14.7. The molecule has 50 heavy (non-hydrogen) atoms. The smallest absolute Gasteiger partial charge is 0.178 e. The first-order valence-corrected chi connectivity index (χ1v) is 19.3. The number of hydrogen-bond donors (Lipinski definition) is 2. The first-order chi connectivity index (χ1) is 23.3. The number of ether oxygens (including phenoxy) is 5. The minimum absolute atomic E-state index is 0.123. The van der Waals surface area contributed by atoms with Gasteiger partial charge in [-0.25, -0.2) is 0 Å². The summed E-state index contributed by atoms with van der Waals surface area (Å²) >= 11 is 0. The SMILES string of the molecule is CC(C)=C[C@H]1O[C@@H]2[C@H](OC3CC[C@@]4(C)[C@@](O)(CCC5Cc6c([nH]c7ccc8c(c67)C[C@H]6[C@@H](C8=O)C(C)(C)OC6(C)C)[C@@]54C)[C@]34O[C@@H]24)C(C)(C)O1. The minimum atomic E-state index is -1.11. The molecule has 8 nitrogen and oxygen atoms in total. The number of carbonyl (C=O) groups excluding carboxylic acids is 1. The van der Waals surface area contributed by atoms with E-state index in [1.165, 1.54) is 22.2 Å². The lowest BCUT2D eigenvalue weighted by molar-refractivity contribution is -0.343. The van der Waals surface area contributed by atoms with Crippen molar-refractivity contribution in [2.24, 2.45) is 23.2 Å². The Morgan fingerprint density at radius 1 is 0.880 bits per heavy atom. The highest BCUT2D eigenvalue weighted by Gasteiger charge is 2.87. The van der Waals surface area contributed by atoms with Crippen molar-refractivity contribution < 1.29 is 33.6 Å². The lowest BCUT2D eigenvalue weighted by Crippen LogP contribution is -2.77. The maximum absolute atomic E-state index is 14.3. The average molecular weight is 686 g/mol. The van der Waals surface area contributed by atoms with Crippen LogP contribution in [0.25, 0.3) is 10.9 Å². The van der Waals surface area contributed by atoms with Gasteiger partial charge in [0.2, 0.25) is 0 Å². The molecule has 1 aromatic carbocycles. The molecule has 8 heteroatoms. The highest BCUT2D eigenvalue weighted by atomic mass is 16.8. The van der Waals surface area contributed by atoms with Gasteiger partial charge >= 0.3 is 0 Å². The number of benzene rings is 1. The van der Waals surface area contributed by atoms with Crippen LogP contribution in [0.3, 0.4) is 0 Å². The van der Waals surface area contributed by atoms with Gasteiger partial charge in [0.1, 0.15) is 23.9 Å². The van der Waals surface area contributed by atoms with Gasteiger partial charge in [-0.1, -0.05) is 19.4 Å². The molecule has 2 unspecified atom stereocenters. The summed E-state index contributed by atoms with van der Waals surface area (Å²) in [4.78, 5) is 18.2. The first kappa shape index (κ1) is 32.6. The standard InChI is InChI=1S/C42H55NO7/c1-20(2)17-28-47-32-34(38(7,8)48-28)46-27-14-15-39(9)40(10)21(13-16-41(39,45)42(27)35(32)49-42)18-24-29-23-19-25-30(37(5,6)50-36(25,3)4)31(44)22(23)11-12-26(29)43-33(24)40/h11-12,17,21,25,27-28,30,32,34-35,43,45H,13-16,18-19H2,1-10H3/t21?,25-,27?,28-,30-,32+,34-,35-,39+,40+,41-,42-/m0/s1. The van der Waals surface area contributed by atoms with Crippen molar-refractivity contribution in [3.8, 4) is 0 Å². The first-order valence-electron chi connectivity index (χ1n) is 19.3. The van der Waals surface area contributed by atoms with Crippen LogP contribution in [0.1, 0.15) is 122 Å². The van der Waals surface area contributed by atoms with Gasteiger partial charge in [0, 0.05) is 38.9 Å². The maximum Gasteiger partial charge on any atom is 0.178 e. The summed E-state index contributed by atoms with van der Waals surface area (Å²) < 4.78 is 33.4. The van der Waals surface area contributed by atoms with Crippen molar-refractivity contribution in [3.63, 3.8) is 0 Å². The Morgan fingerprint density at radius 3 is 2.38 bits per heavy atom. The monoisotopic (exact) mass is 685 g/mol. The van der Waals surface area contributed by atoms with Crippen molar-refractivity contribution >= 4 is 16.7 Å². The molecule has 2 saturated carbocycles. The zero-order valence-corrected chi connectivity index (χ0v) is 31.5. The Bertz CT molecular complexity index is 1900. The van der Waals surface area contributed by atoms with Crippen LogP contribution in [0.4, 0.5) is 0 Å².